The molecule has 0 aliphatic carbocycles. The summed E-state index contributed by atoms with van der Waals surface area (Å²) < 4.78 is 62.5. The standard InChI is InChI=1S/C10H10F4O4S/c1-10(2,3)16-8-4(11)6(13)9(19-18-17-15)7(14)5(8)12/h15H,1-3H3/p-1. The molecule has 0 unspecified atom stereocenters. The first-order chi connectivity index (χ1) is 8.69. The molecule has 0 aromatic heterocycles. The summed E-state index contributed by atoms with van der Waals surface area (Å²) in [4.78, 5) is -1.19. The number of rotatable bonds is 4. The number of halogens is 4. The summed E-state index contributed by atoms with van der Waals surface area (Å²) in [6, 6.07) is 0. The van der Waals surface area contributed by atoms with E-state index in [4.69, 9.17) is 4.74 Å². The maximum absolute atomic E-state index is 13.6. The topological polar surface area (TPSA) is 50.8 Å². The van der Waals surface area contributed by atoms with E-state index in [2.05, 4.69) is 9.37 Å². The second-order valence-electron chi connectivity index (χ2n) is 4.35. The monoisotopic (exact) mass is 301 g/mol. The fraction of sp³-hybridized carbons (Fsp3) is 0.400. The molecule has 4 nitrogen and oxygen atoms in total. The highest BCUT2D eigenvalue weighted by atomic mass is 32.2. The van der Waals surface area contributed by atoms with Crippen LogP contribution in [0.15, 0.2) is 4.90 Å². The van der Waals surface area contributed by atoms with E-state index in [1.165, 1.54) is 20.8 Å². The second-order valence-corrected chi connectivity index (χ2v) is 5.06. The largest absolute Gasteiger partial charge is 0.691 e. The van der Waals surface area contributed by atoms with Crippen LogP contribution in [0.5, 0.6) is 5.75 Å². The zero-order valence-electron chi connectivity index (χ0n) is 10.1. The minimum Gasteiger partial charge on any atom is -0.691 e. The highest BCUT2D eigenvalue weighted by Gasteiger charge is 2.30. The number of ether oxygens (including phenoxy) is 1. The molecule has 108 valence electrons. The third-order valence-corrected chi connectivity index (χ3v) is 2.38. The average Bonchev–Trinajstić information content (AvgIpc) is 2.31. The van der Waals surface area contributed by atoms with Crippen molar-refractivity contribution in [3.63, 3.8) is 0 Å². The third kappa shape index (κ3) is 3.72. The van der Waals surface area contributed by atoms with Gasteiger partial charge in [-0.2, -0.15) is 13.1 Å². The molecule has 0 heterocycles. The van der Waals surface area contributed by atoms with Gasteiger partial charge in [-0.15, -0.1) is 0 Å². The zero-order valence-corrected chi connectivity index (χ0v) is 10.9. The zero-order chi connectivity index (χ0) is 14.8. The van der Waals surface area contributed by atoms with Gasteiger partial charge in [0, 0.05) is 0 Å². The van der Waals surface area contributed by atoms with Crippen molar-refractivity contribution in [2.24, 2.45) is 0 Å². The molecule has 1 rings (SSSR count). The van der Waals surface area contributed by atoms with Gasteiger partial charge in [0.1, 0.15) is 10.5 Å². The average molecular weight is 301 g/mol. The molecule has 0 fully saturated rings. The first-order valence-corrected chi connectivity index (χ1v) is 5.61. The molecular formula is C10H9F4O4S-. The van der Waals surface area contributed by atoms with Gasteiger partial charge in [0.05, 0.1) is 12.0 Å². The summed E-state index contributed by atoms with van der Waals surface area (Å²) in [5, 5.41) is 12.4. The quantitative estimate of drug-likeness (QED) is 0.281. The van der Waals surface area contributed by atoms with Crippen molar-refractivity contribution in [3.05, 3.63) is 23.3 Å². The molecule has 0 N–H and O–H groups in total. The van der Waals surface area contributed by atoms with E-state index in [0.29, 0.717) is 0 Å². The van der Waals surface area contributed by atoms with Gasteiger partial charge in [-0.1, -0.05) is 0 Å². The lowest BCUT2D eigenvalue weighted by atomic mass is 10.2. The van der Waals surface area contributed by atoms with Crippen LogP contribution in [-0.4, -0.2) is 5.60 Å². The highest BCUT2D eigenvalue weighted by Crippen LogP contribution is 2.36. The van der Waals surface area contributed by atoms with Gasteiger partial charge in [0.2, 0.25) is 11.6 Å². The predicted octanol–water partition coefficient (Wildman–Crippen LogP) is 2.65. The van der Waals surface area contributed by atoms with Crippen LogP contribution >= 0.6 is 12.0 Å². The van der Waals surface area contributed by atoms with Gasteiger partial charge >= 0.3 is 0 Å². The van der Waals surface area contributed by atoms with Crippen molar-refractivity contribution in [2.45, 2.75) is 31.3 Å². The number of hydrogen-bond acceptors (Lipinski definition) is 5. The Kier molecular flexibility index (Phi) is 5.02. The molecule has 0 aliphatic heterocycles. The molecule has 19 heavy (non-hydrogen) atoms. The van der Waals surface area contributed by atoms with Crippen LogP contribution in [0, 0.1) is 23.3 Å². The van der Waals surface area contributed by atoms with E-state index in [1.54, 1.807) is 0 Å². The van der Waals surface area contributed by atoms with E-state index >= 15 is 0 Å². The van der Waals surface area contributed by atoms with Crippen LogP contribution in [0.2, 0.25) is 0 Å². The maximum Gasteiger partial charge on any atom is 0.205 e. The summed E-state index contributed by atoms with van der Waals surface area (Å²) in [6.07, 6.45) is 0. The normalized spacial score (nSPS) is 11.8. The van der Waals surface area contributed by atoms with Crippen LogP contribution < -0.4 is 9.99 Å². The lowest BCUT2D eigenvalue weighted by Gasteiger charge is -2.22. The molecule has 0 amide bonds. The van der Waals surface area contributed by atoms with Crippen LogP contribution in [0.25, 0.3) is 0 Å². The van der Waals surface area contributed by atoms with E-state index in [9.17, 15) is 22.8 Å². The van der Waals surface area contributed by atoms with E-state index < -0.39 is 39.5 Å². The van der Waals surface area contributed by atoms with Crippen molar-refractivity contribution in [3.8, 4) is 5.75 Å². The van der Waals surface area contributed by atoms with Gasteiger partial charge in [0.15, 0.2) is 17.4 Å². The molecule has 0 atom stereocenters. The molecule has 0 saturated carbocycles. The summed E-state index contributed by atoms with van der Waals surface area (Å²) >= 11 is -0.292. The smallest absolute Gasteiger partial charge is 0.205 e. The summed E-state index contributed by atoms with van der Waals surface area (Å²) in [6.45, 7) is 4.33. The molecular weight excluding hydrogens is 292 g/mol. The Morgan fingerprint density at radius 1 is 0.947 bits per heavy atom. The van der Waals surface area contributed by atoms with Crippen molar-refractivity contribution in [2.75, 3.05) is 0 Å². The molecule has 0 radical (unpaired) electrons. The van der Waals surface area contributed by atoms with E-state index in [-0.39, 0.29) is 12.0 Å². The Hall–Kier alpha value is -1.03. The lowest BCUT2D eigenvalue weighted by Crippen LogP contribution is -2.25. The van der Waals surface area contributed by atoms with E-state index in [0.717, 1.165) is 0 Å². The molecule has 1 aromatic carbocycles. The third-order valence-electron chi connectivity index (χ3n) is 1.74. The van der Waals surface area contributed by atoms with E-state index in [1.807, 2.05) is 0 Å². The molecule has 0 bridgehead atoms. The van der Waals surface area contributed by atoms with Crippen LogP contribution in [-0.2, 0) is 9.37 Å². The van der Waals surface area contributed by atoms with Gasteiger partial charge in [-0.3, -0.25) is 5.04 Å². The van der Waals surface area contributed by atoms with Gasteiger partial charge in [-0.25, -0.2) is 8.78 Å². The minimum atomic E-state index is -1.75. The molecule has 0 spiro atoms. The van der Waals surface area contributed by atoms with Crippen molar-refractivity contribution < 1.29 is 36.9 Å². The van der Waals surface area contributed by atoms with Gasteiger partial charge in [-0.05, 0) is 20.8 Å². The fourth-order valence-electron chi connectivity index (χ4n) is 1.11. The first-order valence-electron chi connectivity index (χ1n) is 4.87. The maximum atomic E-state index is 13.6. The summed E-state index contributed by atoms with van der Waals surface area (Å²) in [7, 11) is 0. The lowest BCUT2D eigenvalue weighted by molar-refractivity contribution is -0.777. The Labute approximate surface area is 110 Å². The molecule has 9 heteroatoms. The van der Waals surface area contributed by atoms with Crippen molar-refractivity contribution >= 4 is 12.0 Å². The predicted molar refractivity (Wildman–Crippen MR) is 54.7 cm³/mol. The highest BCUT2D eigenvalue weighted by molar-refractivity contribution is 7.94. The Balaban J connectivity index is 3.30. The number of benzene rings is 1. The fourth-order valence-corrected chi connectivity index (χ4v) is 1.53. The van der Waals surface area contributed by atoms with Gasteiger partial charge < -0.3 is 9.99 Å². The van der Waals surface area contributed by atoms with Crippen LogP contribution in [0.3, 0.4) is 0 Å². The van der Waals surface area contributed by atoms with Gasteiger partial charge in [0.25, 0.3) is 0 Å². The Morgan fingerprint density at radius 2 is 1.42 bits per heavy atom. The first kappa shape index (κ1) is 16.0. The molecule has 1 aromatic rings. The molecule has 0 saturated heterocycles. The summed E-state index contributed by atoms with van der Waals surface area (Å²) in [5.41, 5.74) is -1.07. The Bertz CT molecular complexity index is 447. The Morgan fingerprint density at radius 3 is 1.79 bits per heavy atom. The van der Waals surface area contributed by atoms with Crippen molar-refractivity contribution in [1.29, 1.82) is 0 Å². The number of hydrogen-bond donors (Lipinski definition) is 0. The minimum absolute atomic E-state index is 0.292. The molecule has 0 aliphatic rings. The van der Waals surface area contributed by atoms with Crippen LogP contribution in [0.1, 0.15) is 20.8 Å². The SMILES string of the molecule is CC(C)(C)Oc1c(F)c(F)c(SOO[O-])c(F)c1F. The van der Waals surface area contributed by atoms with Crippen LogP contribution in [0.4, 0.5) is 17.6 Å². The second kappa shape index (κ2) is 5.95. The van der Waals surface area contributed by atoms with Crippen molar-refractivity contribution in [1.82, 2.24) is 0 Å². The summed E-state index contributed by atoms with van der Waals surface area (Å²) in [5.74, 6) is -8.15.